The fourth-order valence-electron chi connectivity index (χ4n) is 1.71. The van der Waals surface area contributed by atoms with E-state index in [0.29, 0.717) is 0 Å². The maximum Gasteiger partial charge on any atom is 0.0994 e. The standard InChI is InChI=1S/C12H24N4/c1-4-6-11(13)12-9-16(15-14-12)8-5-7-10(2)3/h9-11H,4-8,13H2,1-3H3. The fraction of sp³-hybridized carbons (Fsp3) is 0.833. The third-order valence-corrected chi connectivity index (χ3v) is 2.70. The van der Waals surface area contributed by atoms with Crippen molar-refractivity contribution in [2.24, 2.45) is 11.7 Å². The number of hydrogen-bond donors (Lipinski definition) is 1. The van der Waals surface area contributed by atoms with Crippen molar-refractivity contribution in [2.75, 3.05) is 0 Å². The monoisotopic (exact) mass is 224 g/mol. The van der Waals surface area contributed by atoms with Gasteiger partial charge in [0.1, 0.15) is 0 Å². The molecule has 16 heavy (non-hydrogen) atoms. The molecule has 0 aromatic carbocycles. The molecule has 0 bridgehead atoms. The molecule has 0 fully saturated rings. The molecule has 1 heterocycles. The molecule has 1 unspecified atom stereocenters. The maximum atomic E-state index is 5.98. The van der Waals surface area contributed by atoms with Crippen molar-refractivity contribution in [1.29, 1.82) is 0 Å². The summed E-state index contributed by atoms with van der Waals surface area (Å²) in [6, 6.07) is 0.0452. The summed E-state index contributed by atoms with van der Waals surface area (Å²) in [5.74, 6) is 0.755. The van der Waals surface area contributed by atoms with E-state index in [1.54, 1.807) is 0 Å². The van der Waals surface area contributed by atoms with Crippen molar-refractivity contribution in [1.82, 2.24) is 15.0 Å². The average Bonchev–Trinajstić information content (AvgIpc) is 2.66. The summed E-state index contributed by atoms with van der Waals surface area (Å²) in [5, 5.41) is 8.22. The topological polar surface area (TPSA) is 56.7 Å². The van der Waals surface area contributed by atoms with Crippen LogP contribution < -0.4 is 5.73 Å². The van der Waals surface area contributed by atoms with Gasteiger partial charge in [-0.05, 0) is 25.2 Å². The van der Waals surface area contributed by atoms with Gasteiger partial charge in [-0.3, -0.25) is 4.68 Å². The van der Waals surface area contributed by atoms with Crippen molar-refractivity contribution in [2.45, 2.75) is 59.0 Å². The van der Waals surface area contributed by atoms with E-state index < -0.39 is 0 Å². The van der Waals surface area contributed by atoms with Crippen LogP contribution in [0.1, 0.15) is 58.2 Å². The first-order chi connectivity index (χ1) is 7.63. The van der Waals surface area contributed by atoms with E-state index in [4.69, 9.17) is 5.73 Å². The Bertz CT molecular complexity index is 293. The predicted octanol–water partition coefficient (Wildman–Crippen LogP) is 2.51. The largest absolute Gasteiger partial charge is 0.323 e. The van der Waals surface area contributed by atoms with Gasteiger partial charge in [-0.2, -0.15) is 0 Å². The van der Waals surface area contributed by atoms with E-state index in [2.05, 4.69) is 31.1 Å². The Morgan fingerprint density at radius 2 is 2.12 bits per heavy atom. The van der Waals surface area contributed by atoms with Crippen LogP contribution in [0, 0.1) is 5.92 Å². The maximum absolute atomic E-state index is 5.98. The predicted molar refractivity (Wildman–Crippen MR) is 65.9 cm³/mol. The second kappa shape index (κ2) is 6.63. The molecular weight excluding hydrogens is 200 g/mol. The van der Waals surface area contributed by atoms with E-state index in [1.165, 1.54) is 6.42 Å². The highest BCUT2D eigenvalue weighted by atomic mass is 15.4. The molecule has 4 heteroatoms. The molecule has 1 atom stereocenters. The van der Waals surface area contributed by atoms with Gasteiger partial charge < -0.3 is 5.73 Å². The summed E-state index contributed by atoms with van der Waals surface area (Å²) in [4.78, 5) is 0. The second-order valence-electron chi connectivity index (χ2n) is 4.84. The van der Waals surface area contributed by atoms with Crippen molar-refractivity contribution in [3.05, 3.63) is 11.9 Å². The van der Waals surface area contributed by atoms with Gasteiger partial charge in [0.15, 0.2) is 0 Å². The Morgan fingerprint density at radius 1 is 1.38 bits per heavy atom. The van der Waals surface area contributed by atoms with Crippen molar-refractivity contribution in [3.8, 4) is 0 Å². The van der Waals surface area contributed by atoms with Crippen molar-refractivity contribution in [3.63, 3.8) is 0 Å². The molecule has 4 nitrogen and oxygen atoms in total. The van der Waals surface area contributed by atoms with Gasteiger partial charge in [-0.15, -0.1) is 5.10 Å². The van der Waals surface area contributed by atoms with Crippen LogP contribution in [0.15, 0.2) is 6.20 Å². The summed E-state index contributed by atoms with van der Waals surface area (Å²) >= 11 is 0. The Kier molecular flexibility index (Phi) is 5.46. The lowest BCUT2D eigenvalue weighted by molar-refractivity contribution is 0.482. The van der Waals surface area contributed by atoms with Gasteiger partial charge in [0.2, 0.25) is 0 Å². The minimum Gasteiger partial charge on any atom is -0.323 e. The average molecular weight is 224 g/mol. The van der Waals surface area contributed by atoms with Crippen LogP contribution in [0.5, 0.6) is 0 Å². The number of nitrogens with two attached hydrogens (primary N) is 1. The van der Waals surface area contributed by atoms with Crippen LogP contribution >= 0.6 is 0 Å². The normalized spacial score (nSPS) is 13.3. The first-order valence-corrected chi connectivity index (χ1v) is 6.29. The number of aryl methyl sites for hydroxylation is 1. The SMILES string of the molecule is CCCC(N)c1cn(CCCC(C)C)nn1. The summed E-state index contributed by atoms with van der Waals surface area (Å²) in [7, 11) is 0. The van der Waals surface area contributed by atoms with Crippen molar-refractivity contribution < 1.29 is 0 Å². The van der Waals surface area contributed by atoms with E-state index in [1.807, 2.05) is 10.9 Å². The first kappa shape index (κ1) is 13.2. The number of rotatable bonds is 7. The summed E-state index contributed by atoms with van der Waals surface area (Å²) in [6.07, 6.45) is 6.44. The minimum atomic E-state index is 0.0452. The highest BCUT2D eigenvalue weighted by Gasteiger charge is 2.09. The van der Waals surface area contributed by atoms with Gasteiger partial charge in [-0.1, -0.05) is 32.4 Å². The Hall–Kier alpha value is -0.900. The fourth-order valence-corrected chi connectivity index (χ4v) is 1.71. The molecular formula is C12H24N4. The van der Waals surface area contributed by atoms with Gasteiger partial charge in [0.05, 0.1) is 17.9 Å². The first-order valence-electron chi connectivity index (χ1n) is 6.29. The zero-order chi connectivity index (χ0) is 12.0. The third kappa shape index (κ3) is 4.31. The van der Waals surface area contributed by atoms with Crippen LogP contribution in [-0.4, -0.2) is 15.0 Å². The molecule has 0 aliphatic carbocycles. The lowest BCUT2D eigenvalue weighted by atomic mass is 10.1. The van der Waals surface area contributed by atoms with Gasteiger partial charge in [-0.25, -0.2) is 0 Å². The lowest BCUT2D eigenvalue weighted by Gasteiger charge is -2.05. The molecule has 0 spiro atoms. The van der Waals surface area contributed by atoms with E-state index in [-0.39, 0.29) is 6.04 Å². The Labute approximate surface area is 98.2 Å². The van der Waals surface area contributed by atoms with Crippen molar-refractivity contribution >= 4 is 0 Å². The van der Waals surface area contributed by atoms with Crippen LogP contribution in [0.4, 0.5) is 0 Å². The van der Waals surface area contributed by atoms with E-state index in [9.17, 15) is 0 Å². The Balaban J connectivity index is 2.39. The third-order valence-electron chi connectivity index (χ3n) is 2.70. The van der Waals surface area contributed by atoms with Crippen LogP contribution in [-0.2, 0) is 6.54 Å². The molecule has 1 aromatic rings. The van der Waals surface area contributed by atoms with Crippen LogP contribution in [0.25, 0.3) is 0 Å². The molecule has 0 radical (unpaired) electrons. The second-order valence-corrected chi connectivity index (χ2v) is 4.84. The quantitative estimate of drug-likeness (QED) is 0.774. The number of hydrogen-bond acceptors (Lipinski definition) is 3. The van der Waals surface area contributed by atoms with E-state index in [0.717, 1.165) is 37.4 Å². The van der Waals surface area contributed by atoms with E-state index >= 15 is 0 Å². The van der Waals surface area contributed by atoms with Gasteiger partial charge in [0, 0.05) is 6.54 Å². The summed E-state index contributed by atoms with van der Waals surface area (Å²) in [6.45, 7) is 7.56. The lowest BCUT2D eigenvalue weighted by Crippen LogP contribution is -2.10. The molecule has 0 saturated carbocycles. The molecule has 2 N–H and O–H groups in total. The molecule has 0 saturated heterocycles. The van der Waals surface area contributed by atoms with Crippen LogP contribution in [0.3, 0.4) is 0 Å². The molecule has 1 rings (SSSR count). The molecule has 1 aromatic heterocycles. The minimum absolute atomic E-state index is 0.0452. The van der Waals surface area contributed by atoms with Gasteiger partial charge in [0.25, 0.3) is 0 Å². The molecule has 0 amide bonds. The number of aromatic nitrogens is 3. The zero-order valence-electron chi connectivity index (χ0n) is 10.7. The number of nitrogens with zero attached hydrogens (tertiary/aromatic N) is 3. The zero-order valence-corrected chi connectivity index (χ0v) is 10.7. The van der Waals surface area contributed by atoms with Crippen LogP contribution in [0.2, 0.25) is 0 Å². The van der Waals surface area contributed by atoms with Gasteiger partial charge >= 0.3 is 0 Å². The highest BCUT2D eigenvalue weighted by Crippen LogP contribution is 2.12. The summed E-state index contributed by atoms with van der Waals surface area (Å²) in [5.41, 5.74) is 6.90. The Morgan fingerprint density at radius 3 is 2.75 bits per heavy atom. The highest BCUT2D eigenvalue weighted by molar-refractivity contribution is 4.99. The molecule has 0 aliphatic heterocycles. The molecule has 92 valence electrons. The summed E-state index contributed by atoms with van der Waals surface area (Å²) < 4.78 is 1.91. The molecule has 0 aliphatic rings. The smallest absolute Gasteiger partial charge is 0.0994 e.